The molecule has 0 aliphatic rings. The molecule has 2 aromatic rings. The maximum atomic E-state index is 12.0. The summed E-state index contributed by atoms with van der Waals surface area (Å²) in [6.07, 6.45) is 0. The van der Waals surface area contributed by atoms with E-state index in [-0.39, 0.29) is 5.91 Å². The normalized spacial score (nSPS) is 10.2. The molecule has 0 atom stereocenters. The molecule has 0 aliphatic carbocycles. The van der Waals surface area contributed by atoms with Gasteiger partial charge in [0.25, 0.3) is 5.91 Å². The average molecular weight is 278 g/mol. The van der Waals surface area contributed by atoms with E-state index in [0.717, 1.165) is 0 Å². The summed E-state index contributed by atoms with van der Waals surface area (Å²) >= 11 is 5.00. The third-order valence-corrected chi connectivity index (χ3v) is 3.08. The monoisotopic (exact) mass is 278 g/mol. The predicted molar refractivity (Wildman–Crippen MR) is 72.6 cm³/mol. The Balaban J connectivity index is 2.05. The van der Waals surface area contributed by atoms with Crippen molar-refractivity contribution in [1.82, 2.24) is 20.1 Å². The molecule has 0 bridgehead atoms. The fourth-order valence-corrected chi connectivity index (χ4v) is 1.71. The number of H-pyrrole nitrogens is 1. The van der Waals surface area contributed by atoms with Crippen molar-refractivity contribution in [2.75, 3.05) is 7.11 Å². The Hall–Kier alpha value is -2.15. The third-order valence-electron chi connectivity index (χ3n) is 2.71. The predicted octanol–water partition coefficient (Wildman–Crippen LogP) is 1.42. The van der Waals surface area contributed by atoms with Crippen molar-refractivity contribution in [1.29, 1.82) is 0 Å². The van der Waals surface area contributed by atoms with E-state index < -0.39 is 0 Å². The number of amides is 1. The van der Waals surface area contributed by atoms with Gasteiger partial charge in [-0.05, 0) is 30.4 Å². The second-order valence-electron chi connectivity index (χ2n) is 3.92. The number of aromatic nitrogens is 3. The van der Waals surface area contributed by atoms with E-state index in [1.165, 1.54) is 0 Å². The highest BCUT2D eigenvalue weighted by atomic mass is 32.1. The van der Waals surface area contributed by atoms with E-state index in [1.807, 2.05) is 0 Å². The van der Waals surface area contributed by atoms with Crippen LogP contribution in [-0.2, 0) is 13.6 Å². The molecule has 100 valence electrons. The molecule has 2 N–H and O–H groups in total. The number of rotatable bonds is 4. The zero-order chi connectivity index (χ0) is 13.8. The number of carbonyl (C=O) groups excluding carboxylic acids is 1. The summed E-state index contributed by atoms with van der Waals surface area (Å²) < 4.78 is 7.30. The number of hydrogen-bond donors (Lipinski definition) is 2. The van der Waals surface area contributed by atoms with Gasteiger partial charge in [0.1, 0.15) is 5.75 Å². The van der Waals surface area contributed by atoms with Gasteiger partial charge in [-0.15, -0.1) is 0 Å². The Kier molecular flexibility index (Phi) is 3.96. The second kappa shape index (κ2) is 5.66. The van der Waals surface area contributed by atoms with Crippen LogP contribution in [0.15, 0.2) is 24.3 Å². The Morgan fingerprint density at radius 1 is 1.58 bits per heavy atom. The molecular formula is C12H14N4O2S. The molecule has 19 heavy (non-hydrogen) atoms. The lowest BCUT2D eigenvalue weighted by atomic mass is 10.2. The summed E-state index contributed by atoms with van der Waals surface area (Å²) in [5.41, 5.74) is 0.538. The molecule has 1 aromatic carbocycles. The molecule has 0 spiro atoms. The van der Waals surface area contributed by atoms with Crippen LogP contribution in [0.2, 0.25) is 0 Å². The van der Waals surface area contributed by atoms with E-state index in [1.54, 1.807) is 43.0 Å². The fraction of sp³-hybridized carbons (Fsp3) is 0.250. The molecule has 0 aliphatic heterocycles. The van der Waals surface area contributed by atoms with Crippen LogP contribution in [0.5, 0.6) is 5.75 Å². The summed E-state index contributed by atoms with van der Waals surface area (Å²) in [4.78, 5) is 12.0. The molecular weight excluding hydrogens is 264 g/mol. The first-order valence-electron chi connectivity index (χ1n) is 5.64. The Morgan fingerprint density at radius 3 is 3.00 bits per heavy atom. The van der Waals surface area contributed by atoms with Crippen molar-refractivity contribution in [2.24, 2.45) is 7.05 Å². The molecule has 0 unspecified atom stereocenters. The lowest BCUT2D eigenvalue weighted by Crippen LogP contribution is -2.24. The molecule has 1 heterocycles. The van der Waals surface area contributed by atoms with Gasteiger partial charge >= 0.3 is 0 Å². The largest absolute Gasteiger partial charge is 0.497 e. The summed E-state index contributed by atoms with van der Waals surface area (Å²) in [5.74, 6) is 1.12. The summed E-state index contributed by atoms with van der Waals surface area (Å²) in [7, 11) is 3.35. The van der Waals surface area contributed by atoms with E-state index >= 15 is 0 Å². The molecule has 2 rings (SSSR count). The lowest BCUT2D eigenvalue weighted by molar-refractivity contribution is 0.0949. The number of methoxy groups -OCH3 is 1. The van der Waals surface area contributed by atoms with Crippen LogP contribution in [0.3, 0.4) is 0 Å². The molecule has 1 aromatic heterocycles. The number of ether oxygens (including phenoxy) is 1. The number of carbonyl (C=O) groups is 1. The Bertz CT molecular complexity index is 647. The second-order valence-corrected chi connectivity index (χ2v) is 4.31. The van der Waals surface area contributed by atoms with Gasteiger partial charge in [0, 0.05) is 12.6 Å². The van der Waals surface area contributed by atoms with Crippen LogP contribution in [0.1, 0.15) is 16.2 Å². The molecule has 1 amide bonds. The van der Waals surface area contributed by atoms with Gasteiger partial charge in [0.15, 0.2) is 10.6 Å². The molecule has 7 heteroatoms. The fourth-order valence-electron chi connectivity index (χ4n) is 1.56. The number of nitrogens with one attached hydrogen (secondary N) is 2. The Labute approximate surface area is 115 Å². The highest BCUT2D eigenvalue weighted by Gasteiger charge is 2.08. The van der Waals surface area contributed by atoms with Gasteiger partial charge in [-0.3, -0.25) is 9.89 Å². The van der Waals surface area contributed by atoms with Crippen molar-refractivity contribution in [2.45, 2.75) is 6.54 Å². The average Bonchev–Trinajstić information content (AvgIpc) is 2.76. The number of aromatic amines is 1. The van der Waals surface area contributed by atoms with Crippen LogP contribution in [0, 0.1) is 4.77 Å². The van der Waals surface area contributed by atoms with Crippen molar-refractivity contribution >= 4 is 18.1 Å². The van der Waals surface area contributed by atoms with Gasteiger partial charge in [-0.1, -0.05) is 6.07 Å². The van der Waals surface area contributed by atoms with Crippen molar-refractivity contribution in [3.63, 3.8) is 0 Å². The minimum atomic E-state index is -0.187. The zero-order valence-electron chi connectivity index (χ0n) is 10.6. The maximum absolute atomic E-state index is 12.0. The number of benzene rings is 1. The first-order valence-corrected chi connectivity index (χ1v) is 6.05. The van der Waals surface area contributed by atoms with E-state index in [9.17, 15) is 4.79 Å². The zero-order valence-corrected chi connectivity index (χ0v) is 11.5. The van der Waals surface area contributed by atoms with Crippen LogP contribution >= 0.6 is 12.2 Å². The standard InChI is InChI=1S/C12H14N4O2S/c1-16-10(14-15-12(16)19)7-13-11(17)8-4-3-5-9(6-8)18-2/h3-6H,7H2,1-2H3,(H,13,17)(H,15,19). The first kappa shape index (κ1) is 13.3. The van der Waals surface area contributed by atoms with Crippen molar-refractivity contribution in [3.05, 3.63) is 40.4 Å². The lowest BCUT2D eigenvalue weighted by Gasteiger charge is -2.06. The van der Waals surface area contributed by atoms with E-state index in [0.29, 0.717) is 28.5 Å². The summed E-state index contributed by atoms with van der Waals surface area (Å²) in [5, 5.41) is 9.46. The van der Waals surface area contributed by atoms with Gasteiger partial charge in [-0.25, -0.2) is 0 Å². The first-order chi connectivity index (χ1) is 9.11. The number of hydrogen-bond acceptors (Lipinski definition) is 4. The molecule has 0 fully saturated rings. The number of nitrogens with zero attached hydrogens (tertiary/aromatic N) is 2. The van der Waals surface area contributed by atoms with Crippen LogP contribution in [0.25, 0.3) is 0 Å². The van der Waals surface area contributed by atoms with Gasteiger partial charge in [0.05, 0.1) is 13.7 Å². The molecule has 0 saturated carbocycles. The minimum Gasteiger partial charge on any atom is -0.497 e. The highest BCUT2D eigenvalue weighted by molar-refractivity contribution is 7.71. The molecule has 6 nitrogen and oxygen atoms in total. The van der Waals surface area contributed by atoms with Crippen LogP contribution < -0.4 is 10.1 Å². The van der Waals surface area contributed by atoms with E-state index in [2.05, 4.69) is 15.5 Å². The summed E-state index contributed by atoms with van der Waals surface area (Å²) in [6, 6.07) is 6.96. The molecule has 0 radical (unpaired) electrons. The van der Waals surface area contributed by atoms with Crippen LogP contribution in [0.4, 0.5) is 0 Å². The highest BCUT2D eigenvalue weighted by Crippen LogP contribution is 2.12. The van der Waals surface area contributed by atoms with Gasteiger partial charge in [-0.2, -0.15) is 5.10 Å². The minimum absolute atomic E-state index is 0.187. The van der Waals surface area contributed by atoms with Crippen molar-refractivity contribution in [3.8, 4) is 5.75 Å². The summed E-state index contributed by atoms with van der Waals surface area (Å²) in [6.45, 7) is 0.305. The SMILES string of the molecule is COc1cccc(C(=O)NCc2n[nH]c(=S)n2C)c1. The maximum Gasteiger partial charge on any atom is 0.251 e. The van der Waals surface area contributed by atoms with E-state index in [4.69, 9.17) is 17.0 Å². The quantitative estimate of drug-likeness (QED) is 0.830. The van der Waals surface area contributed by atoms with Gasteiger partial charge in [0.2, 0.25) is 0 Å². The molecule has 0 saturated heterocycles. The topological polar surface area (TPSA) is 71.9 Å². The smallest absolute Gasteiger partial charge is 0.251 e. The van der Waals surface area contributed by atoms with Gasteiger partial charge < -0.3 is 14.6 Å². The Morgan fingerprint density at radius 2 is 2.37 bits per heavy atom. The third kappa shape index (κ3) is 3.00. The van der Waals surface area contributed by atoms with Crippen molar-refractivity contribution < 1.29 is 9.53 Å². The van der Waals surface area contributed by atoms with Crippen LogP contribution in [-0.4, -0.2) is 27.8 Å².